The van der Waals surface area contributed by atoms with Gasteiger partial charge in [0.2, 0.25) is 0 Å². The predicted octanol–water partition coefficient (Wildman–Crippen LogP) is 4.93. The topological polar surface area (TPSA) is 15.6 Å². The summed E-state index contributed by atoms with van der Waals surface area (Å²) in [7, 11) is 0. The lowest BCUT2D eigenvalue weighted by Crippen LogP contribution is -2.21. The molecule has 2 rings (SSSR count). The number of nitrogens with zero attached hydrogens (tertiary/aromatic N) is 2. The second-order valence-electron chi connectivity index (χ2n) is 4.94. The number of hydrogen-bond acceptors (Lipinski definition) is 2. The van der Waals surface area contributed by atoms with Gasteiger partial charge in [0.1, 0.15) is 0 Å². The Kier molecular flexibility index (Phi) is 5.97. The van der Waals surface area contributed by atoms with E-state index < -0.39 is 0 Å². The van der Waals surface area contributed by atoms with Crippen LogP contribution in [0.4, 0.5) is 5.69 Å². The third kappa shape index (κ3) is 5.00. The summed E-state index contributed by atoms with van der Waals surface area (Å²) in [5, 5.41) is 0.730. The van der Waals surface area contributed by atoms with Crippen LogP contribution in [0.15, 0.2) is 53.5 Å². The van der Waals surface area contributed by atoms with E-state index in [0.717, 1.165) is 35.9 Å². The highest BCUT2D eigenvalue weighted by atomic mass is 35.5. The van der Waals surface area contributed by atoms with Crippen LogP contribution in [0.25, 0.3) is 0 Å². The highest BCUT2D eigenvalue weighted by Gasteiger charge is 2.00. The molecule has 0 aliphatic carbocycles. The maximum absolute atomic E-state index is 5.96. The van der Waals surface area contributed by atoms with E-state index in [2.05, 4.69) is 48.0 Å². The Morgan fingerprint density at radius 2 is 1.76 bits per heavy atom. The van der Waals surface area contributed by atoms with Crippen LogP contribution < -0.4 is 0 Å². The van der Waals surface area contributed by atoms with Crippen LogP contribution in [0.5, 0.6) is 0 Å². The molecule has 0 saturated heterocycles. The number of rotatable bonds is 6. The minimum absolute atomic E-state index is 0.730. The Morgan fingerprint density at radius 1 is 1.05 bits per heavy atom. The van der Waals surface area contributed by atoms with Gasteiger partial charge in [-0.2, -0.15) is 0 Å². The van der Waals surface area contributed by atoms with Crippen LogP contribution in [0.1, 0.15) is 25.0 Å². The second kappa shape index (κ2) is 7.96. The second-order valence-corrected chi connectivity index (χ2v) is 5.38. The molecule has 0 radical (unpaired) electrons. The average molecular weight is 301 g/mol. The molecular formula is C18H21ClN2. The van der Waals surface area contributed by atoms with Gasteiger partial charge in [0.05, 0.1) is 5.69 Å². The van der Waals surface area contributed by atoms with Gasteiger partial charge in [-0.3, -0.25) is 9.89 Å². The normalized spacial score (nSPS) is 11.4. The zero-order valence-electron chi connectivity index (χ0n) is 12.6. The van der Waals surface area contributed by atoms with Crippen molar-refractivity contribution < 1.29 is 0 Å². The minimum Gasteiger partial charge on any atom is -0.300 e. The van der Waals surface area contributed by atoms with Gasteiger partial charge in [0, 0.05) is 17.8 Å². The lowest BCUT2D eigenvalue weighted by molar-refractivity contribution is 0.296. The maximum atomic E-state index is 5.96. The van der Waals surface area contributed by atoms with Gasteiger partial charge in [-0.05, 0) is 48.5 Å². The molecule has 2 aromatic carbocycles. The van der Waals surface area contributed by atoms with Crippen LogP contribution in [0, 0.1) is 0 Å². The first-order valence-corrected chi connectivity index (χ1v) is 7.70. The molecule has 3 heteroatoms. The summed E-state index contributed by atoms with van der Waals surface area (Å²) >= 11 is 5.96. The molecule has 0 N–H and O–H groups in total. The average Bonchev–Trinajstić information content (AvgIpc) is 2.52. The van der Waals surface area contributed by atoms with Crippen molar-refractivity contribution in [3.8, 4) is 0 Å². The summed E-state index contributed by atoms with van der Waals surface area (Å²) in [6.07, 6.45) is 1.84. The third-order valence-electron chi connectivity index (χ3n) is 3.45. The standard InChI is InChI=1S/C18H21ClN2/c1-3-21(4-2)14-15-8-10-18(11-9-15)20-13-16-6-5-7-17(19)12-16/h5-13H,3-4,14H2,1-2H3. The van der Waals surface area contributed by atoms with Gasteiger partial charge in [0.15, 0.2) is 0 Å². The monoisotopic (exact) mass is 300 g/mol. The van der Waals surface area contributed by atoms with Crippen LogP contribution in [-0.4, -0.2) is 24.2 Å². The van der Waals surface area contributed by atoms with E-state index in [9.17, 15) is 0 Å². The van der Waals surface area contributed by atoms with Gasteiger partial charge >= 0.3 is 0 Å². The maximum Gasteiger partial charge on any atom is 0.0630 e. The van der Waals surface area contributed by atoms with Crippen molar-refractivity contribution in [2.75, 3.05) is 13.1 Å². The predicted molar refractivity (Wildman–Crippen MR) is 91.8 cm³/mol. The first-order valence-electron chi connectivity index (χ1n) is 7.32. The fraction of sp³-hybridized carbons (Fsp3) is 0.278. The van der Waals surface area contributed by atoms with E-state index in [1.807, 2.05) is 30.5 Å². The molecule has 0 spiro atoms. The summed E-state index contributed by atoms with van der Waals surface area (Å²) in [5.74, 6) is 0. The molecule has 110 valence electrons. The molecule has 0 aromatic heterocycles. The van der Waals surface area contributed by atoms with Crippen molar-refractivity contribution in [3.05, 3.63) is 64.7 Å². The first kappa shape index (κ1) is 15.7. The SMILES string of the molecule is CCN(CC)Cc1ccc(N=Cc2cccc(Cl)c2)cc1. The number of aliphatic imine (C=N–C) groups is 1. The minimum atomic E-state index is 0.730. The Morgan fingerprint density at radius 3 is 2.38 bits per heavy atom. The molecule has 0 saturated carbocycles. The van der Waals surface area contributed by atoms with Crippen molar-refractivity contribution in [2.24, 2.45) is 4.99 Å². The number of benzene rings is 2. The van der Waals surface area contributed by atoms with Gasteiger partial charge in [-0.1, -0.05) is 49.7 Å². The summed E-state index contributed by atoms with van der Waals surface area (Å²) in [4.78, 5) is 6.87. The van der Waals surface area contributed by atoms with Crippen molar-refractivity contribution in [3.63, 3.8) is 0 Å². The largest absolute Gasteiger partial charge is 0.300 e. The summed E-state index contributed by atoms with van der Waals surface area (Å²) in [6, 6.07) is 16.1. The fourth-order valence-corrected chi connectivity index (χ4v) is 2.33. The van der Waals surface area contributed by atoms with Crippen LogP contribution >= 0.6 is 11.6 Å². The lowest BCUT2D eigenvalue weighted by atomic mass is 10.2. The van der Waals surface area contributed by atoms with Crippen LogP contribution in [0.2, 0.25) is 5.02 Å². The van der Waals surface area contributed by atoms with Crippen LogP contribution in [0.3, 0.4) is 0 Å². The van der Waals surface area contributed by atoms with Crippen LogP contribution in [-0.2, 0) is 6.54 Å². The summed E-state index contributed by atoms with van der Waals surface area (Å²) in [6.45, 7) is 7.52. The van der Waals surface area contributed by atoms with Gasteiger partial charge in [0.25, 0.3) is 0 Å². The van der Waals surface area contributed by atoms with Crippen molar-refractivity contribution in [2.45, 2.75) is 20.4 Å². The third-order valence-corrected chi connectivity index (χ3v) is 3.68. The Balaban J connectivity index is 2.02. The van der Waals surface area contributed by atoms with Gasteiger partial charge in [-0.15, -0.1) is 0 Å². The molecule has 2 nitrogen and oxygen atoms in total. The van der Waals surface area contributed by atoms with Crippen molar-refractivity contribution in [1.82, 2.24) is 4.90 Å². The van der Waals surface area contributed by atoms with E-state index in [-0.39, 0.29) is 0 Å². The molecule has 0 heterocycles. The first-order chi connectivity index (χ1) is 10.2. The summed E-state index contributed by atoms with van der Waals surface area (Å²) in [5.41, 5.74) is 3.29. The highest BCUT2D eigenvalue weighted by Crippen LogP contribution is 2.15. The number of hydrogen-bond donors (Lipinski definition) is 0. The van der Waals surface area contributed by atoms with E-state index in [0.29, 0.717) is 0 Å². The molecule has 0 unspecified atom stereocenters. The van der Waals surface area contributed by atoms with Crippen molar-refractivity contribution >= 4 is 23.5 Å². The molecule has 0 aliphatic heterocycles. The molecule has 0 fully saturated rings. The number of halogens is 1. The highest BCUT2D eigenvalue weighted by molar-refractivity contribution is 6.30. The quantitative estimate of drug-likeness (QED) is 0.690. The molecule has 21 heavy (non-hydrogen) atoms. The lowest BCUT2D eigenvalue weighted by Gasteiger charge is -2.17. The van der Waals surface area contributed by atoms with Crippen molar-refractivity contribution in [1.29, 1.82) is 0 Å². The smallest absolute Gasteiger partial charge is 0.0630 e. The Labute approximate surface area is 132 Å². The van der Waals surface area contributed by atoms with E-state index in [1.165, 1.54) is 5.56 Å². The Hall–Kier alpha value is -1.64. The van der Waals surface area contributed by atoms with E-state index >= 15 is 0 Å². The summed E-state index contributed by atoms with van der Waals surface area (Å²) < 4.78 is 0. The zero-order valence-corrected chi connectivity index (χ0v) is 13.3. The van der Waals surface area contributed by atoms with E-state index in [1.54, 1.807) is 0 Å². The van der Waals surface area contributed by atoms with Gasteiger partial charge < -0.3 is 0 Å². The zero-order chi connectivity index (χ0) is 15.1. The molecule has 2 aromatic rings. The van der Waals surface area contributed by atoms with E-state index in [4.69, 9.17) is 11.6 Å². The molecule has 0 amide bonds. The van der Waals surface area contributed by atoms with Gasteiger partial charge in [-0.25, -0.2) is 0 Å². The molecule has 0 aliphatic rings. The molecule has 0 atom stereocenters. The molecule has 0 bridgehead atoms. The molecular weight excluding hydrogens is 280 g/mol. The Bertz CT molecular complexity index is 586. The fourth-order valence-electron chi connectivity index (χ4n) is 2.13.